The van der Waals surface area contributed by atoms with Gasteiger partial charge in [-0.15, -0.1) is 0 Å². The number of aromatic amines is 1. The van der Waals surface area contributed by atoms with Crippen LogP contribution in [0.15, 0.2) is 36.8 Å². The first-order valence-electron chi connectivity index (χ1n) is 4.48. The van der Waals surface area contributed by atoms with Crippen molar-refractivity contribution in [1.29, 1.82) is 0 Å². The average Bonchev–Trinajstić information content (AvgIpc) is 2.78. The number of pyridine rings is 1. The lowest BCUT2D eigenvalue weighted by molar-refractivity contribution is 0.0595. The van der Waals surface area contributed by atoms with Crippen molar-refractivity contribution >= 4 is 5.97 Å². The number of H-pyrrole nitrogens is 1. The summed E-state index contributed by atoms with van der Waals surface area (Å²) in [7, 11) is 1.35. The van der Waals surface area contributed by atoms with Gasteiger partial charge in [0.15, 0.2) is 0 Å². The zero-order chi connectivity index (χ0) is 10.7. The Labute approximate surface area is 86.9 Å². The molecule has 0 aliphatic rings. The molecule has 0 aliphatic heterocycles. The van der Waals surface area contributed by atoms with Crippen LogP contribution in [0, 0.1) is 0 Å². The molecule has 0 saturated heterocycles. The molecule has 15 heavy (non-hydrogen) atoms. The molecule has 4 heteroatoms. The van der Waals surface area contributed by atoms with Gasteiger partial charge in [-0.2, -0.15) is 0 Å². The Hall–Kier alpha value is -2.10. The van der Waals surface area contributed by atoms with Crippen molar-refractivity contribution in [3.63, 3.8) is 0 Å². The third kappa shape index (κ3) is 1.88. The van der Waals surface area contributed by atoms with Crippen molar-refractivity contribution in [3.05, 3.63) is 42.5 Å². The zero-order valence-electron chi connectivity index (χ0n) is 8.23. The highest BCUT2D eigenvalue weighted by Crippen LogP contribution is 2.18. The number of ether oxygens (including phenoxy) is 1. The topological polar surface area (TPSA) is 55.0 Å². The van der Waals surface area contributed by atoms with E-state index in [1.54, 1.807) is 24.7 Å². The van der Waals surface area contributed by atoms with Gasteiger partial charge >= 0.3 is 5.97 Å². The highest BCUT2D eigenvalue weighted by molar-refractivity contribution is 5.89. The van der Waals surface area contributed by atoms with E-state index in [1.807, 2.05) is 12.1 Å². The van der Waals surface area contributed by atoms with E-state index in [0.29, 0.717) is 5.69 Å². The summed E-state index contributed by atoms with van der Waals surface area (Å²) >= 11 is 0. The van der Waals surface area contributed by atoms with Crippen LogP contribution in [0.2, 0.25) is 0 Å². The zero-order valence-corrected chi connectivity index (χ0v) is 8.23. The number of aromatic nitrogens is 2. The summed E-state index contributed by atoms with van der Waals surface area (Å²) in [5.41, 5.74) is 2.32. The first kappa shape index (κ1) is 9.45. The van der Waals surface area contributed by atoms with Gasteiger partial charge in [0.25, 0.3) is 0 Å². The van der Waals surface area contributed by atoms with Crippen molar-refractivity contribution in [2.24, 2.45) is 0 Å². The normalized spacial score (nSPS) is 9.93. The van der Waals surface area contributed by atoms with Crippen LogP contribution < -0.4 is 0 Å². The van der Waals surface area contributed by atoms with Gasteiger partial charge in [-0.3, -0.25) is 4.98 Å². The third-order valence-corrected chi connectivity index (χ3v) is 2.08. The maximum atomic E-state index is 11.2. The summed E-state index contributed by atoms with van der Waals surface area (Å²) in [6.45, 7) is 0. The van der Waals surface area contributed by atoms with Crippen LogP contribution in [0.25, 0.3) is 11.1 Å². The van der Waals surface area contributed by atoms with Gasteiger partial charge in [0.1, 0.15) is 5.69 Å². The first-order chi connectivity index (χ1) is 7.31. The van der Waals surface area contributed by atoms with E-state index >= 15 is 0 Å². The summed E-state index contributed by atoms with van der Waals surface area (Å²) in [5.74, 6) is -0.370. The summed E-state index contributed by atoms with van der Waals surface area (Å²) in [5, 5.41) is 0. The molecule has 76 valence electrons. The van der Waals surface area contributed by atoms with Crippen molar-refractivity contribution in [1.82, 2.24) is 9.97 Å². The lowest BCUT2D eigenvalue weighted by atomic mass is 10.1. The van der Waals surface area contributed by atoms with Gasteiger partial charge in [0, 0.05) is 29.7 Å². The average molecular weight is 202 g/mol. The van der Waals surface area contributed by atoms with Gasteiger partial charge in [-0.1, -0.05) is 6.07 Å². The summed E-state index contributed by atoms with van der Waals surface area (Å²) in [6.07, 6.45) is 5.20. The SMILES string of the molecule is COC(=O)c1cc(-c2cccnc2)c[nH]1. The van der Waals surface area contributed by atoms with Crippen molar-refractivity contribution in [2.45, 2.75) is 0 Å². The van der Waals surface area contributed by atoms with Crippen molar-refractivity contribution in [3.8, 4) is 11.1 Å². The van der Waals surface area contributed by atoms with Crippen LogP contribution in [-0.2, 0) is 4.74 Å². The van der Waals surface area contributed by atoms with Crippen molar-refractivity contribution < 1.29 is 9.53 Å². The maximum Gasteiger partial charge on any atom is 0.354 e. The molecular weight excluding hydrogens is 192 g/mol. The predicted octanol–water partition coefficient (Wildman–Crippen LogP) is 1.86. The largest absolute Gasteiger partial charge is 0.464 e. The van der Waals surface area contributed by atoms with E-state index in [0.717, 1.165) is 11.1 Å². The second-order valence-electron chi connectivity index (χ2n) is 3.04. The molecule has 0 fully saturated rings. The Bertz CT molecular complexity index is 462. The predicted molar refractivity (Wildman–Crippen MR) is 55.4 cm³/mol. The molecule has 0 spiro atoms. The molecule has 0 bridgehead atoms. The third-order valence-electron chi connectivity index (χ3n) is 2.08. The quantitative estimate of drug-likeness (QED) is 0.756. The number of nitrogens with zero attached hydrogens (tertiary/aromatic N) is 1. The van der Waals surface area contributed by atoms with E-state index in [1.165, 1.54) is 7.11 Å². The van der Waals surface area contributed by atoms with E-state index < -0.39 is 0 Å². The Morgan fingerprint density at radius 3 is 3.00 bits per heavy atom. The van der Waals surface area contributed by atoms with E-state index in [9.17, 15) is 4.79 Å². The van der Waals surface area contributed by atoms with Crippen LogP contribution in [0.3, 0.4) is 0 Å². The summed E-state index contributed by atoms with van der Waals surface area (Å²) in [6, 6.07) is 5.51. The van der Waals surface area contributed by atoms with Gasteiger partial charge < -0.3 is 9.72 Å². The highest BCUT2D eigenvalue weighted by Gasteiger charge is 2.08. The Morgan fingerprint density at radius 2 is 2.33 bits per heavy atom. The molecule has 1 N–H and O–H groups in total. The molecule has 2 aromatic rings. The van der Waals surface area contributed by atoms with E-state index in [2.05, 4.69) is 14.7 Å². The van der Waals surface area contributed by atoms with Crippen molar-refractivity contribution in [2.75, 3.05) is 7.11 Å². The maximum absolute atomic E-state index is 11.2. The molecule has 0 saturated carbocycles. The standard InChI is InChI=1S/C11H10N2O2/c1-15-11(14)10-5-9(7-13-10)8-3-2-4-12-6-8/h2-7,13H,1H3. The minimum atomic E-state index is -0.370. The molecule has 2 rings (SSSR count). The lowest BCUT2D eigenvalue weighted by Crippen LogP contribution is -2.00. The fourth-order valence-corrected chi connectivity index (χ4v) is 1.32. The number of esters is 1. The summed E-state index contributed by atoms with van der Waals surface area (Å²) < 4.78 is 4.60. The molecule has 2 aromatic heterocycles. The lowest BCUT2D eigenvalue weighted by Gasteiger charge is -1.94. The number of rotatable bonds is 2. The second kappa shape index (κ2) is 3.96. The van der Waals surface area contributed by atoms with Crippen LogP contribution in [0.5, 0.6) is 0 Å². The van der Waals surface area contributed by atoms with Gasteiger partial charge in [-0.05, 0) is 12.1 Å². The fraction of sp³-hybridized carbons (Fsp3) is 0.0909. The molecule has 0 aliphatic carbocycles. The molecule has 0 amide bonds. The molecular formula is C11H10N2O2. The smallest absolute Gasteiger partial charge is 0.354 e. The number of hydrogen-bond acceptors (Lipinski definition) is 3. The van der Waals surface area contributed by atoms with Crippen LogP contribution >= 0.6 is 0 Å². The van der Waals surface area contributed by atoms with E-state index in [-0.39, 0.29) is 5.97 Å². The van der Waals surface area contributed by atoms with Crippen LogP contribution in [0.1, 0.15) is 10.5 Å². The summed E-state index contributed by atoms with van der Waals surface area (Å²) in [4.78, 5) is 18.0. The fourth-order valence-electron chi connectivity index (χ4n) is 1.32. The monoisotopic (exact) mass is 202 g/mol. The molecule has 0 aromatic carbocycles. The number of nitrogens with one attached hydrogen (secondary N) is 1. The second-order valence-corrected chi connectivity index (χ2v) is 3.04. The minimum Gasteiger partial charge on any atom is -0.464 e. The Morgan fingerprint density at radius 1 is 1.47 bits per heavy atom. The first-order valence-corrected chi connectivity index (χ1v) is 4.48. The molecule has 0 atom stereocenters. The van der Waals surface area contributed by atoms with Crippen LogP contribution in [-0.4, -0.2) is 23.0 Å². The minimum absolute atomic E-state index is 0.370. The Balaban J connectivity index is 2.32. The van der Waals surface area contributed by atoms with Gasteiger partial charge in [0.2, 0.25) is 0 Å². The highest BCUT2D eigenvalue weighted by atomic mass is 16.5. The van der Waals surface area contributed by atoms with Gasteiger partial charge in [-0.25, -0.2) is 4.79 Å². The number of carbonyl (C=O) groups excluding carboxylic acids is 1. The van der Waals surface area contributed by atoms with Gasteiger partial charge in [0.05, 0.1) is 7.11 Å². The molecule has 0 radical (unpaired) electrons. The number of methoxy groups -OCH3 is 1. The molecule has 4 nitrogen and oxygen atoms in total. The number of hydrogen-bond donors (Lipinski definition) is 1. The number of carbonyl (C=O) groups is 1. The molecule has 0 unspecified atom stereocenters. The molecule has 2 heterocycles. The van der Waals surface area contributed by atoms with E-state index in [4.69, 9.17) is 0 Å². The Kier molecular flexibility index (Phi) is 2.49. The van der Waals surface area contributed by atoms with Crippen LogP contribution in [0.4, 0.5) is 0 Å².